The third kappa shape index (κ3) is 3.51. The van der Waals surface area contributed by atoms with E-state index in [4.69, 9.17) is 4.74 Å². The Morgan fingerprint density at radius 1 is 1.35 bits per heavy atom. The molecule has 2 rings (SSSR count). The lowest BCUT2D eigenvalue weighted by molar-refractivity contribution is -0.157. The first-order chi connectivity index (χ1) is 9.66. The molecule has 1 aliphatic rings. The van der Waals surface area contributed by atoms with Crippen LogP contribution in [0.3, 0.4) is 0 Å². The van der Waals surface area contributed by atoms with Crippen LogP contribution in [-0.2, 0) is 9.53 Å². The SMILES string of the molecule is CCOC(=O)C1(CNc2ccccc2)CCC(O)CC1. The van der Waals surface area contributed by atoms with Gasteiger partial charge < -0.3 is 15.2 Å². The van der Waals surface area contributed by atoms with Crippen LogP contribution in [0.25, 0.3) is 0 Å². The standard InChI is InChI=1S/C16H23NO3/c1-2-20-15(19)16(10-8-14(18)9-11-16)12-17-13-6-4-3-5-7-13/h3-7,14,17-18H,2,8-12H2,1H3. The minimum absolute atomic E-state index is 0.143. The Bertz CT molecular complexity index is 425. The van der Waals surface area contributed by atoms with Crippen LogP contribution in [0, 0.1) is 5.41 Å². The molecule has 0 heterocycles. The fourth-order valence-corrected chi connectivity index (χ4v) is 2.72. The number of ether oxygens (including phenoxy) is 1. The highest BCUT2D eigenvalue weighted by molar-refractivity contribution is 5.78. The van der Waals surface area contributed by atoms with E-state index in [1.165, 1.54) is 0 Å². The predicted molar refractivity (Wildman–Crippen MR) is 78.5 cm³/mol. The summed E-state index contributed by atoms with van der Waals surface area (Å²) in [6, 6.07) is 9.85. The van der Waals surface area contributed by atoms with Crippen molar-refractivity contribution in [2.75, 3.05) is 18.5 Å². The zero-order valence-corrected chi connectivity index (χ0v) is 12.0. The first kappa shape index (κ1) is 14.9. The Morgan fingerprint density at radius 2 is 2.00 bits per heavy atom. The molecule has 0 atom stereocenters. The molecular weight excluding hydrogens is 254 g/mol. The van der Waals surface area contributed by atoms with Gasteiger partial charge in [-0.05, 0) is 44.7 Å². The maximum Gasteiger partial charge on any atom is 0.313 e. The molecule has 0 unspecified atom stereocenters. The lowest BCUT2D eigenvalue weighted by Gasteiger charge is -2.37. The number of nitrogens with one attached hydrogen (secondary N) is 1. The van der Waals surface area contributed by atoms with Gasteiger partial charge in [-0.3, -0.25) is 4.79 Å². The fourth-order valence-electron chi connectivity index (χ4n) is 2.72. The Kier molecular flexibility index (Phi) is 5.01. The maximum atomic E-state index is 12.3. The van der Waals surface area contributed by atoms with Crippen molar-refractivity contribution in [1.82, 2.24) is 0 Å². The van der Waals surface area contributed by atoms with E-state index in [0.29, 0.717) is 38.8 Å². The molecule has 0 spiro atoms. The van der Waals surface area contributed by atoms with Gasteiger partial charge in [-0.1, -0.05) is 18.2 Å². The van der Waals surface area contributed by atoms with Gasteiger partial charge in [0.2, 0.25) is 0 Å². The van der Waals surface area contributed by atoms with Crippen LogP contribution in [0.5, 0.6) is 0 Å². The fraction of sp³-hybridized carbons (Fsp3) is 0.562. The summed E-state index contributed by atoms with van der Waals surface area (Å²) in [5.74, 6) is -0.143. The van der Waals surface area contributed by atoms with Crippen LogP contribution in [0.4, 0.5) is 5.69 Å². The summed E-state index contributed by atoms with van der Waals surface area (Å²) < 4.78 is 5.25. The molecule has 1 saturated carbocycles. The van der Waals surface area contributed by atoms with E-state index in [0.717, 1.165) is 5.69 Å². The van der Waals surface area contributed by atoms with Crippen LogP contribution in [0.1, 0.15) is 32.6 Å². The molecule has 0 aromatic heterocycles. The van der Waals surface area contributed by atoms with E-state index in [1.54, 1.807) is 0 Å². The highest BCUT2D eigenvalue weighted by Gasteiger charge is 2.42. The monoisotopic (exact) mass is 277 g/mol. The Morgan fingerprint density at radius 3 is 2.60 bits per heavy atom. The second-order valence-electron chi connectivity index (χ2n) is 5.45. The van der Waals surface area contributed by atoms with Gasteiger partial charge in [0.25, 0.3) is 0 Å². The summed E-state index contributed by atoms with van der Waals surface area (Å²) >= 11 is 0. The lowest BCUT2D eigenvalue weighted by atomic mass is 9.73. The van der Waals surface area contributed by atoms with E-state index in [9.17, 15) is 9.90 Å². The average molecular weight is 277 g/mol. The number of anilines is 1. The second-order valence-corrected chi connectivity index (χ2v) is 5.45. The molecular formula is C16H23NO3. The number of aliphatic hydroxyl groups is 1. The van der Waals surface area contributed by atoms with Crippen LogP contribution in [0.15, 0.2) is 30.3 Å². The number of hydrogen-bond acceptors (Lipinski definition) is 4. The van der Waals surface area contributed by atoms with Gasteiger partial charge in [0.15, 0.2) is 0 Å². The predicted octanol–water partition coefficient (Wildman–Crippen LogP) is 2.58. The summed E-state index contributed by atoms with van der Waals surface area (Å²) in [5, 5.41) is 13.0. The molecule has 1 aromatic carbocycles. The number of aliphatic hydroxyl groups excluding tert-OH is 1. The third-order valence-electron chi connectivity index (χ3n) is 4.03. The average Bonchev–Trinajstić information content (AvgIpc) is 2.48. The van der Waals surface area contributed by atoms with Crippen LogP contribution in [-0.4, -0.2) is 30.3 Å². The summed E-state index contributed by atoms with van der Waals surface area (Å²) in [5.41, 5.74) is 0.493. The molecule has 0 aliphatic heterocycles. The number of benzene rings is 1. The van der Waals surface area contributed by atoms with E-state index >= 15 is 0 Å². The minimum atomic E-state index is -0.509. The molecule has 1 aliphatic carbocycles. The van der Waals surface area contributed by atoms with Gasteiger partial charge in [0.1, 0.15) is 0 Å². The maximum absolute atomic E-state index is 12.3. The van der Waals surface area contributed by atoms with Crippen molar-refractivity contribution in [2.24, 2.45) is 5.41 Å². The van der Waals surface area contributed by atoms with E-state index in [2.05, 4.69) is 5.32 Å². The number of rotatable bonds is 5. The zero-order chi connectivity index (χ0) is 14.4. The number of hydrogen-bond donors (Lipinski definition) is 2. The minimum Gasteiger partial charge on any atom is -0.466 e. The number of carbonyl (C=O) groups excluding carboxylic acids is 1. The molecule has 20 heavy (non-hydrogen) atoms. The van der Waals surface area contributed by atoms with Gasteiger partial charge >= 0.3 is 5.97 Å². The molecule has 2 N–H and O–H groups in total. The summed E-state index contributed by atoms with van der Waals surface area (Å²) in [6.07, 6.45) is 2.39. The number of esters is 1. The smallest absolute Gasteiger partial charge is 0.313 e. The van der Waals surface area contributed by atoms with Crippen LogP contribution < -0.4 is 5.32 Å². The highest BCUT2D eigenvalue weighted by Crippen LogP contribution is 2.38. The van der Waals surface area contributed by atoms with Crippen LogP contribution >= 0.6 is 0 Å². The Balaban J connectivity index is 2.05. The summed E-state index contributed by atoms with van der Waals surface area (Å²) in [4.78, 5) is 12.3. The van der Waals surface area contributed by atoms with E-state index < -0.39 is 5.41 Å². The first-order valence-corrected chi connectivity index (χ1v) is 7.30. The first-order valence-electron chi connectivity index (χ1n) is 7.30. The topological polar surface area (TPSA) is 58.6 Å². The normalized spacial score (nSPS) is 26.0. The van der Waals surface area contributed by atoms with Gasteiger partial charge in [-0.25, -0.2) is 0 Å². The zero-order valence-electron chi connectivity index (χ0n) is 12.0. The van der Waals surface area contributed by atoms with Gasteiger partial charge in [0.05, 0.1) is 18.1 Å². The second kappa shape index (κ2) is 6.75. The molecule has 0 radical (unpaired) electrons. The van der Waals surface area contributed by atoms with Gasteiger partial charge in [-0.15, -0.1) is 0 Å². The van der Waals surface area contributed by atoms with Crippen molar-refractivity contribution >= 4 is 11.7 Å². The largest absolute Gasteiger partial charge is 0.466 e. The quantitative estimate of drug-likeness (QED) is 0.812. The lowest BCUT2D eigenvalue weighted by Crippen LogP contribution is -2.43. The van der Waals surface area contributed by atoms with Crippen molar-refractivity contribution in [3.63, 3.8) is 0 Å². The molecule has 110 valence electrons. The van der Waals surface area contributed by atoms with Gasteiger partial charge in [-0.2, -0.15) is 0 Å². The molecule has 4 heteroatoms. The van der Waals surface area contributed by atoms with E-state index in [1.807, 2.05) is 37.3 Å². The Labute approximate surface area is 120 Å². The van der Waals surface area contributed by atoms with Crippen molar-refractivity contribution in [3.8, 4) is 0 Å². The van der Waals surface area contributed by atoms with Crippen LogP contribution in [0.2, 0.25) is 0 Å². The third-order valence-corrected chi connectivity index (χ3v) is 4.03. The molecule has 4 nitrogen and oxygen atoms in total. The molecule has 0 saturated heterocycles. The van der Waals surface area contributed by atoms with Crippen molar-refractivity contribution in [1.29, 1.82) is 0 Å². The van der Waals surface area contributed by atoms with Crippen molar-refractivity contribution in [2.45, 2.75) is 38.7 Å². The van der Waals surface area contributed by atoms with Gasteiger partial charge in [0, 0.05) is 12.2 Å². The van der Waals surface area contributed by atoms with Crippen molar-refractivity contribution < 1.29 is 14.6 Å². The highest BCUT2D eigenvalue weighted by atomic mass is 16.5. The van der Waals surface area contributed by atoms with Crippen molar-refractivity contribution in [3.05, 3.63) is 30.3 Å². The van der Waals surface area contributed by atoms with E-state index in [-0.39, 0.29) is 12.1 Å². The number of carbonyl (C=O) groups is 1. The Hall–Kier alpha value is -1.55. The number of para-hydroxylation sites is 1. The molecule has 0 amide bonds. The summed E-state index contributed by atoms with van der Waals surface area (Å²) in [7, 11) is 0. The molecule has 1 aromatic rings. The summed E-state index contributed by atoms with van der Waals surface area (Å²) in [6.45, 7) is 2.78. The molecule has 1 fully saturated rings. The molecule has 0 bridgehead atoms.